The van der Waals surface area contributed by atoms with E-state index >= 15 is 0 Å². The van der Waals surface area contributed by atoms with E-state index in [0.29, 0.717) is 0 Å². The smallest absolute Gasteiger partial charge is 0.242 e. The first-order valence-electron chi connectivity index (χ1n) is 6.24. The second-order valence-corrected chi connectivity index (χ2v) is 7.27. The summed E-state index contributed by atoms with van der Waals surface area (Å²) in [6.07, 6.45) is 1.77. The zero-order valence-electron chi connectivity index (χ0n) is 11.5. The van der Waals surface area contributed by atoms with Crippen molar-refractivity contribution >= 4 is 21.6 Å². The Bertz CT molecular complexity index is 542. The maximum Gasteiger partial charge on any atom is 0.242 e. The highest BCUT2D eigenvalue weighted by atomic mass is 35.5. The van der Waals surface area contributed by atoms with Crippen molar-refractivity contribution in [3.8, 4) is 0 Å². The van der Waals surface area contributed by atoms with E-state index in [0.717, 1.165) is 18.4 Å². The number of hydrogen-bond acceptors (Lipinski definition) is 3. The number of nitrogens with two attached hydrogens (primary N) is 1. The Morgan fingerprint density at radius 3 is 2.53 bits per heavy atom. The fourth-order valence-electron chi connectivity index (χ4n) is 1.66. The lowest BCUT2D eigenvalue weighted by molar-refractivity contribution is 0.462. The summed E-state index contributed by atoms with van der Waals surface area (Å²) in [5.74, 6) is 0. The van der Waals surface area contributed by atoms with Crippen LogP contribution >= 0.6 is 11.6 Å². The van der Waals surface area contributed by atoms with Crippen LogP contribution in [0.25, 0.3) is 0 Å². The monoisotopic (exact) mass is 304 g/mol. The van der Waals surface area contributed by atoms with Crippen LogP contribution in [0.1, 0.15) is 32.8 Å². The predicted octanol–water partition coefficient (Wildman–Crippen LogP) is 2.31. The van der Waals surface area contributed by atoms with Crippen LogP contribution in [0, 0.1) is 0 Å². The largest absolute Gasteiger partial charge is 0.329 e. The minimum Gasteiger partial charge on any atom is -0.329 e. The van der Waals surface area contributed by atoms with E-state index in [9.17, 15) is 8.42 Å². The molecule has 3 N–H and O–H groups in total. The minimum absolute atomic E-state index is 0.113. The third-order valence-corrected chi connectivity index (χ3v) is 4.92. The van der Waals surface area contributed by atoms with Gasteiger partial charge < -0.3 is 5.73 Å². The molecule has 4 nitrogen and oxygen atoms in total. The van der Waals surface area contributed by atoms with Crippen LogP contribution in [-0.4, -0.2) is 20.5 Å². The summed E-state index contributed by atoms with van der Waals surface area (Å²) in [7, 11) is -3.66. The molecule has 0 aliphatic rings. The molecule has 1 rings (SSSR count). The quantitative estimate of drug-likeness (QED) is 0.847. The van der Waals surface area contributed by atoms with Crippen LogP contribution in [0.3, 0.4) is 0 Å². The van der Waals surface area contributed by atoms with Gasteiger partial charge in [-0.15, -0.1) is 0 Å². The summed E-state index contributed by atoms with van der Waals surface area (Å²) in [6.45, 7) is 5.71. The van der Waals surface area contributed by atoms with Gasteiger partial charge in [0.05, 0.1) is 5.02 Å². The van der Waals surface area contributed by atoms with Crippen molar-refractivity contribution in [1.29, 1.82) is 0 Å². The van der Waals surface area contributed by atoms with Gasteiger partial charge in [-0.25, -0.2) is 13.1 Å². The van der Waals surface area contributed by atoms with Gasteiger partial charge >= 0.3 is 0 Å². The van der Waals surface area contributed by atoms with Gasteiger partial charge in [-0.1, -0.05) is 31.0 Å². The van der Waals surface area contributed by atoms with E-state index in [1.165, 1.54) is 0 Å². The highest BCUT2D eigenvalue weighted by molar-refractivity contribution is 7.89. The fourth-order valence-corrected chi connectivity index (χ4v) is 3.63. The van der Waals surface area contributed by atoms with Crippen molar-refractivity contribution in [3.63, 3.8) is 0 Å². The van der Waals surface area contributed by atoms with Crippen LogP contribution < -0.4 is 10.5 Å². The summed E-state index contributed by atoms with van der Waals surface area (Å²) in [5, 5.41) is 0.222. The molecule has 6 heteroatoms. The normalized spacial score (nSPS) is 12.7. The Kier molecular flexibility index (Phi) is 5.38. The summed E-state index contributed by atoms with van der Waals surface area (Å²) < 4.78 is 27.2. The molecule has 0 aliphatic carbocycles. The van der Waals surface area contributed by atoms with Crippen molar-refractivity contribution in [3.05, 3.63) is 28.8 Å². The Labute approximate surface area is 120 Å². The maximum atomic E-state index is 12.3. The molecule has 1 aromatic carbocycles. The molecule has 0 saturated heterocycles. The molecule has 0 bridgehead atoms. The van der Waals surface area contributed by atoms with Crippen molar-refractivity contribution < 1.29 is 8.42 Å². The van der Waals surface area contributed by atoms with E-state index in [-0.39, 0.29) is 16.5 Å². The summed E-state index contributed by atoms with van der Waals surface area (Å²) in [4.78, 5) is 0.113. The van der Waals surface area contributed by atoms with Crippen molar-refractivity contribution in [1.82, 2.24) is 4.72 Å². The van der Waals surface area contributed by atoms with Crippen LogP contribution in [0.15, 0.2) is 23.1 Å². The average molecular weight is 305 g/mol. The Morgan fingerprint density at radius 2 is 2.00 bits per heavy atom. The summed E-state index contributed by atoms with van der Waals surface area (Å²) in [6, 6.07) is 5.09. The molecule has 0 unspecified atom stereocenters. The zero-order valence-corrected chi connectivity index (χ0v) is 13.1. The van der Waals surface area contributed by atoms with E-state index in [4.69, 9.17) is 17.3 Å². The Balaban J connectivity index is 3.17. The first-order valence-corrected chi connectivity index (χ1v) is 8.10. The standard InChI is InChI=1S/C13H21ClN2O2S/c1-4-5-10-6-7-11(14)12(8-10)19(17,18)16-13(2,3)9-15/h6-8,16H,4-5,9,15H2,1-3H3. The Hall–Kier alpha value is -0.620. The number of halogens is 1. The molecule has 0 saturated carbocycles. The van der Waals surface area contributed by atoms with Gasteiger partial charge in [-0.05, 0) is 38.0 Å². The third-order valence-electron chi connectivity index (χ3n) is 2.74. The van der Waals surface area contributed by atoms with Gasteiger partial charge in [-0.3, -0.25) is 0 Å². The maximum absolute atomic E-state index is 12.3. The van der Waals surface area contributed by atoms with Crippen LogP contribution in [-0.2, 0) is 16.4 Å². The lowest BCUT2D eigenvalue weighted by Crippen LogP contribution is -2.48. The molecule has 108 valence electrons. The fraction of sp³-hybridized carbons (Fsp3) is 0.538. The van der Waals surface area contributed by atoms with Gasteiger partial charge in [0, 0.05) is 12.1 Å². The molecular weight excluding hydrogens is 284 g/mol. The SMILES string of the molecule is CCCc1ccc(Cl)c(S(=O)(=O)NC(C)(C)CN)c1. The topological polar surface area (TPSA) is 72.2 Å². The summed E-state index contributed by atoms with van der Waals surface area (Å²) >= 11 is 6.00. The van der Waals surface area contributed by atoms with Crippen LogP contribution in [0.4, 0.5) is 0 Å². The van der Waals surface area contributed by atoms with Crippen molar-refractivity contribution in [2.24, 2.45) is 5.73 Å². The lowest BCUT2D eigenvalue weighted by Gasteiger charge is -2.24. The average Bonchev–Trinajstić information content (AvgIpc) is 2.30. The van der Waals surface area contributed by atoms with Gasteiger partial charge in [0.2, 0.25) is 10.0 Å². The highest BCUT2D eigenvalue weighted by Crippen LogP contribution is 2.24. The molecule has 0 radical (unpaired) electrons. The molecule has 19 heavy (non-hydrogen) atoms. The number of rotatable bonds is 6. The molecule has 0 aliphatic heterocycles. The van der Waals surface area contributed by atoms with E-state index in [2.05, 4.69) is 4.72 Å². The highest BCUT2D eigenvalue weighted by Gasteiger charge is 2.26. The van der Waals surface area contributed by atoms with Crippen molar-refractivity contribution in [2.75, 3.05) is 6.54 Å². The van der Waals surface area contributed by atoms with E-state index in [1.807, 2.05) is 13.0 Å². The minimum atomic E-state index is -3.66. The first-order chi connectivity index (χ1) is 8.72. The molecule has 1 aromatic rings. The van der Waals surface area contributed by atoms with Crippen LogP contribution in [0.5, 0.6) is 0 Å². The van der Waals surface area contributed by atoms with Crippen molar-refractivity contribution in [2.45, 2.75) is 44.0 Å². The second-order valence-electron chi connectivity index (χ2n) is 5.21. The molecule has 0 amide bonds. The molecular formula is C13H21ClN2O2S. The number of aryl methyl sites for hydroxylation is 1. The van der Waals surface area contributed by atoms with E-state index in [1.54, 1.807) is 26.0 Å². The zero-order chi connectivity index (χ0) is 14.7. The summed E-state index contributed by atoms with van der Waals surface area (Å²) in [5.41, 5.74) is 5.80. The molecule has 0 heterocycles. The Morgan fingerprint density at radius 1 is 1.37 bits per heavy atom. The second kappa shape index (κ2) is 6.22. The molecule has 0 atom stereocenters. The number of hydrogen-bond donors (Lipinski definition) is 2. The number of benzene rings is 1. The molecule has 0 aromatic heterocycles. The number of sulfonamides is 1. The van der Waals surface area contributed by atoms with Crippen LogP contribution in [0.2, 0.25) is 5.02 Å². The van der Waals surface area contributed by atoms with Gasteiger partial charge in [-0.2, -0.15) is 0 Å². The number of nitrogens with one attached hydrogen (secondary N) is 1. The van der Waals surface area contributed by atoms with Gasteiger partial charge in [0.1, 0.15) is 4.90 Å². The van der Waals surface area contributed by atoms with E-state index < -0.39 is 15.6 Å². The molecule has 0 fully saturated rings. The predicted molar refractivity (Wildman–Crippen MR) is 78.9 cm³/mol. The third kappa shape index (κ3) is 4.45. The first kappa shape index (κ1) is 16.4. The lowest BCUT2D eigenvalue weighted by atomic mass is 10.1. The van der Waals surface area contributed by atoms with Gasteiger partial charge in [0.25, 0.3) is 0 Å². The molecule has 0 spiro atoms. The van der Waals surface area contributed by atoms with Gasteiger partial charge in [0.15, 0.2) is 0 Å².